The van der Waals surface area contributed by atoms with E-state index in [4.69, 9.17) is 21.6 Å². The highest BCUT2D eigenvalue weighted by atomic mass is 35.5. The first-order valence-electron chi connectivity index (χ1n) is 18.5. The van der Waals surface area contributed by atoms with Crippen molar-refractivity contribution < 1.29 is 28.7 Å². The maximum absolute atomic E-state index is 13.4. The number of halogens is 1. The summed E-state index contributed by atoms with van der Waals surface area (Å²) in [5, 5.41) is 14.9. The monoisotopic (exact) mass is 748 g/mol. The molecule has 5 aliphatic rings. The molecule has 4 aliphatic heterocycles. The van der Waals surface area contributed by atoms with Crippen molar-refractivity contribution in [2.75, 3.05) is 24.5 Å². The highest BCUT2D eigenvalue weighted by Crippen LogP contribution is 2.44. The van der Waals surface area contributed by atoms with Gasteiger partial charge in [0.15, 0.2) is 0 Å². The number of fused-ring (bicyclic) bond motifs is 2. The lowest BCUT2D eigenvalue weighted by Gasteiger charge is -2.51. The number of hydrogen-bond acceptors (Lipinski definition) is 9. The fourth-order valence-electron chi connectivity index (χ4n) is 8.57. The number of ether oxygens (including phenoxy) is 1. The molecule has 0 bridgehead atoms. The molecular formula is C41H41ClN6O6. The standard InChI is InChI=1S/C41H41ClN6O6/c1-41(2)34(20-35(41)54-29-8-5-25(21-43)32(42)19-29)44-37(50)23-3-6-27(7-4-23)46-15-12-28(13-16-46)47-14-11-24-17-30-31(18-26(24)22-47)40(53)48(39(30)52)33-9-10-36(49)45-38(33)51/h3-8,17-19,28,33-35H,9-16,20,22H2,1-2H3,(H,44,50)(H,45,49,51)/t33?,34-,35-/m0/s1. The van der Waals surface area contributed by atoms with E-state index in [-0.39, 0.29) is 36.3 Å². The molecule has 278 valence electrons. The second-order valence-corrected chi connectivity index (χ2v) is 15.9. The van der Waals surface area contributed by atoms with Crippen molar-refractivity contribution in [1.29, 1.82) is 5.26 Å². The number of nitriles is 1. The van der Waals surface area contributed by atoms with E-state index in [2.05, 4.69) is 40.4 Å². The third-order valence-corrected chi connectivity index (χ3v) is 12.4. The molecule has 3 aromatic rings. The molecule has 1 aliphatic carbocycles. The van der Waals surface area contributed by atoms with Gasteiger partial charge in [-0.1, -0.05) is 25.4 Å². The van der Waals surface area contributed by atoms with Gasteiger partial charge in [0, 0.05) is 73.8 Å². The van der Waals surface area contributed by atoms with E-state index in [1.807, 2.05) is 36.4 Å². The molecule has 1 saturated carbocycles. The summed E-state index contributed by atoms with van der Waals surface area (Å²) in [6, 6.07) is 17.9. The number of benzene rings is 3. The van der Waals surface area contributed by atoms with Gasteiger partial charge in [0.1, 0.15) is 24.0 Å². The Hall–Kier alpha value is -5.25. The van der Waals surface area contributed by atoms with Gasteiger partial charge in [0.2, 0.25) is 11.8 Å². The van der Waals surface area contributed by atoms with Crippen LogP contribution in [0.4, 0.5) is 5.69 Å². The molecule has 2 saturated heterocycles. The molecule has 0 radical (unpaired) electrons. The van der Waals surface area contributed by atoms with Crippen molar-refractivity contribution in [2.45, 2.75) is 83.1 Å². The Morgan fingerprint density at radius 3 is 2.28 bits per heavy atom. The normalized spacial score (nSPS) is 23.9. The summed E-state index contributed by atoms with van der Waals surface area (Å²) in [4.78, 5) is 69.9. The minimum absolute atomic E-state index is 0.0549. The van der Waals surface area contributed by atoms with Gasteiger partial charge >= 0.3 is 0 Å². The first kappa shape index (κ1) is 35.8. The van der Waals surface area contributed by atoms with Crippen molar-refractivity contribution in [3.8, 4) is 11.8 Å². The highest BCUT2D eigenvalue weighted by Gasteiger charge is 2.51. The van der Waals surface area contributed by atoms with Crippen LogP contribution in [0.15, 0.2) is 54.6 Å². The quantitative estimate of drug-likeness (QED) is 0.330. The van der Waals surface area contributed by atoms with E-state index in [0.717, 1.165) is 60.6 Å². The first-order chi connectivity index (χ1) is 25.9. The lowest BCUT2D eigenvalue weighted by atomic mass is 9.64. The Bertz CT molecular complexity index is 2120. The van der Waals surface area contributed by atoms with Crippen LogP contribution >= 0.6 is 11.6 Å². The molecule has 0 spiro atoms. The summed E-state index contributed by atoms with van der Waals surface area (Å²) >= 11 is 6.18. The number of rotatable bonds is 7. The third kappa shape index (κ3) is 6.39. The van der Waals surface area contributed by atoms with E-state index in [9.17, 15) is 24.0 Å². The van der Waals surface area contributed by atoms with Crippen LogP contribution in [0.2, 0.25) is 5.02 Å². The van der Waals surface area contributed by atoms with E-state index < -0.39 is 29.7 Å². The molecule has 3 aromatic carbocycles. The number of piperidine rings is 2. The van der Waals surface area contributed by atoms with Crippen LogP contribution in [-0.2, 0) is 22.6 Å². The second-order valence-electron chi connectivity index (χ2n) is 15.5. The van der Waals surface area contributed by atoms with Crippen LogP contribution in [0, 0.1) is 16.7 Å². The number of carbonyl (C=O) groups is 5. The zero-order valence-electron chi connectivity index (χ0n) is 30.2. The third-order valence-electron chi connectivity index (χ3n) is 12.1. The lowest BCUT2D eigenvalue weighted by Crippen LogP contribution is -2.63. The van der Waals surface area contributed by atoms with Gasteiger partial charge in [-0.2, -0.15) is 5.26 Å². The van der Waals surface area contributed by atoms with Crippen LogP contribution in [0.25, 0.3) is 0 Å². The Balaban J connectivity index is 0.834. The molecule has 3 fully saturated rings. The van der Waals surface area contributed by atoms with Crippen molar-refractivity contribution in [3.05, 3.63) is 93.0 Å². The van der Waals surface area contributed by atoms with Crippen molar-refractivity contribution in [1.82, 2.24) is 20.4 Å². The van der Waals surface area contributed by atoms with Crippen molar-refractivity contribution in [2.24, 2.45) is 5.41 Å². The van der Waals surface area contributed by atoms with Gasteiger partial charge in [-0.25, -0.2) is 0 Å². The average molecular weight is 749 g/mol. The average Bonchev–Trinajstić information content (AvgIpc) is 3.40. The second kappa shape index (κ2) is 13.9. The number of anilines is 1. The molecule has 13 heteroatoms. The minimum Gasteiger partial charge on any atom is -0.490 e. The molecule has 8 rings (SSSR count). The molecule has 12 nitrogen and oxygen atoms in total. The van der Waals surface area contributed by atoms with E-state index >= 15 is 0 Å². The maximum atomic E-state index is 13.4. The van der Waals surface area contributed by atoms with E-state index in [0.29, 0.717) is 52.0 Å². The summed E-state index contributed by atoms with van der Waals surface area (Å²) in [5.74, 6) is -1.46. The predicted octanol–water partition coefficient (Wildman–Crippen LogP) is 4.62. The van der Waals surface area contributed by atoms with Gasteiger partial charge in [-0.05, 0) is 85.3 Å². The Morgan fingerprint density at radius 1 is 0.926 bits per heavy atom. The summed E-state index contributed by atoms with van der Waals surface area (Å²) in [6.07, 6.45) is 3.49. The topological polar surface area (TPSA) is 152 Å². The molecule has 2 N–H and O–H groups in total. The number of hydrogen-bond donors (Lipinski definition) is 2. The minimum atomic E-state index is -0.973. The molecule has 3 atom stereocenters. The predicted molar refractivity (Wildman–Crippen MR) is 199 cm³/mol. The van der Waals surface area contributed by atoms with Crippen LogP contribution < -0.4 is 20.3 Å². The number of carbonyl (C=O) groups excluding carboxylic acids is 5. The van der Waals surface area contributed by atoms with Crippen LogP contribution in [0.1, 0.15) is 93.7 Å². The van der Waals surface area contributed by atoms with E-state index in [1.54, 1.807) is 18.2 Å². The molecule has 54 heavy (non-hydrogen) atoms. The van der Waals surface area contributed by atoms with Gasteiger partial charge in [0.25, 0.3) is 17.7 Å². The van der Waals surface area contributed by atoms with Crippen LogP contribution in [0.5, 0.6) is 5.75 Å². The Labute approximate surface area is 318 Å². The number of imide groups is 2. The Kier molecular flexibility index (Phi) is 9.18. The molecule has 5 amide bonds. The van der Waals surface area contributed by atoms with Crippen LogP contribution in [0.3, 0.4) is 0 Å². The van der Waals surface area contributed by atoms with E-state index in [1.165, 1.54) is 0 Å². The number of amides is 5. The fraction of sp³-hybridized carbons (Fsp3) is 0.415. The number of nitrogens with one attached hydrogen (secondary N) is 2. The maximum Gasteiger partial charge on any atom is 0.262 e. The van der Waals surface area contributed by atoms with Gasteiger partial charge in [0.05, 0.1) is 21.7 Å². The number of nitrogens with zero attached hydrogens (tertiary/aromatic N) is 4. The largest absolute Gasteiger partial charge is 0.490 e. The van der Waals surface area contributed by atoms with Crippen molar-refractivity contribution in [3.63, 3.8) is 0 Å². The first-order valence-corrected chi connectivity index (χ1v) is 18.9. The fourth-order valence-corrected chi connectivity index (χ4v) is 8.78. The summed E-state index contributed by atoms with van der Waals surface area (Å²) in [6.45, 7) is 7.43. The van der Waals surface area contributed by atoms with Gasteiger partial charge < -0.3 is 15.0 Å². The smallest absolute Gasteiger partial charge is 0.262 e. The molecular weight excluding hydrogens is 708 g/mol. The Morgan fingerprint density at radius 2 is 1.63 bits per heavy atom. The zero-order valence-corrected chi connectivity index (χ0v) is 30.9. The molecule has 4 heterocycles. The van der Waals surface area contributed by atoms with Gasteiger partial charge in [-0.15, -0.1) is 0 Å². The van der Waals surface area contributed by atoms with Crippen LogP contribution in [-0.4, -0.2) is 83.2 Å². The lowest BCUT2D eigenvalue weighted by molar-refractivity contribution is -0.136. The summed E-state index contributed by atoms with van der Waals surface area (Å²) in [5.41, 5.74) is 4.54. The SMILES string of the molecule is CC1(C)[C@@H](NC(=O)c2ccc(N3CCC(N4CCc5cc6c(cc5C4)C(=O)N(C4CCC(=O)NC4=O)C6=O)CC3)cc2)C[C@@H]1Oc1ccc(C#N)c(Cl)c1. The zero-order chi connectivity index (χ0) is 37.9. The highest BCUT2D eigenvalue weighted by molar-refractivity contribution is 6.31. The molecule has 1 unspecified atom stereocenters. The summed E-state index contributed by atoms with van der Waals surface area (Å²) < 4.78 is 6.16. The molecule has 0 aromatic heterocycles. The van der Waals surface area contributed by atoms with Crippen molar-refractivity contribution >= 4 is 46.8 Å². The summed E-state index contributed by atoms with van der Waals surface area (Å²) in [7, 11) is 0. The van der Waals surface area contributed by atoms with Gasteiger partial charge in [-0.3, -0.25) is 39.1 Å².